The summed E-state index contributed by atoms with van der Waals surface area (Å²) < 4.78 is 19.0. The minimum Gasteiger partial charge on any atom is -0.455 e. The van der Waals surface area contributed by atoms with Gasteiger partial charge in [0.05, 0.1) is 17.4 Å². The van der Waals surface area contributed by atoms with Crippen LogP contribution in [0.15, 0.2) is 82.3 Å². The second-order valence-electron chi connectivity index (χ2n) is 5.35. The molecule has 0 fully saturated rings. The molecule has 0 bridgehead atoms. The van der Waals surface area contributed by atoms with Crippen LogP contribution in [0.2, 0.25) is 0 Å². The van der Waals surface area contributed by atoms with Gasteiger partial charge in [-0.15, -0.1) is 0 Å². The first-order valence-corrected chi connectivity index (χ1v) is 7.52. The molecule has 2 aromatic heterocycles. The van der Waals surface area contributed by atoms with Crippen LogP contribution in [-0.4, -0.2) is 11.2 Å². The summed E-state index contributed by atoms with van der Waals surface area (Å²) in [5.74, 6) is 0.933. The van der Waals surface area contributed by atoms with E-state index in [1.54, 1.807) is 30.6 Å². The van der Waals surface area contributed by atoms with Crippen LogP contribution >= 0.6 is 0 Å². The number of furan rings is 1. The van der Waals surface area contributed by atoms with E-state index in [1.807, 2.05) is 36.4 Å². The minimum absolute atomic E-state index is 0.288. The number of rotatable bonds is 3. The van der Waals surface area contributed by atoms with Crippen molar-refractivity contribution in [2.24, 2.45) is 4.99 Å². The highest BCUT2D eigenvalue weighted by Gasteiger charge is 2.04. The number of nitrogens with zero attached hydrogens (tertiary/aromatic N) is 2. The lowest BCUT2D eigenvalue weighted by atomic mass is 10.2. The molecule has 4 aromatic rings. The van der Waals surface area contributed by atoms with Crippen LogP contribution in [0.4, 0.5) is 10.1 Å². The molecule has 4 rings (SSSR count). The molecule has 0 amide bonds. The largest absolute Gasteiger partial charge is 0.455 e. The summed E-state index contributed by atoms with van der Waals surface area (Å²) in [4.78, 5) is 8.71. The molecule has 4 heteroatoms. The van der Waals surface area contributed by atoms with E-state index in [0.717, 1.165) is 16.6 Å². The van der Waals surface area contributed by atoms with Crippen LogP contribution in [-0.2, 0) is 0 Å². The summed E-state index contributed by atoms with van der Waals surface area (Å²) in [7, 11) is 0. The summed E-state index contributed by atoms with van der Waals surface area (Å²) in [6.45, 7) is 0. The maximum Gasteiger partial charge on any atom is 0.145 e. The number of fused-ring (bicyclic) bond motifs is 1. The molecule has 0 atom stereocenters. The highest BCUT2D eigenvalue weighted by Crippen LogP contribution is 2.23. The van der Waals surface area contributed by atoms with Gasteiger partial charge in [-0.25, -0.2) is 4.39 Å². The lowest BCUT2D eigenvalue weighted by molar-refractivity contribution is 0.573. The third-order valence-corrected chi connectivity index (χ3v) is 3.66. The molecule has 0 aliphatic carbocycles. The molecule has 0 saturated heterocycles. The first-order valence-electron chi connectivity index (χ1n) is 7.52. The quantitative estimate of drug-likeness (QED) is 0.476. The topological polar surface area (TPSA) is 38.4 Å². The van der Waals surface area contributed by atoms with Gasteiger partial charge in [0.2, 0.25) is 0 Å². The Balaban J connectivity index is 1.59. The third-order valence-electron chi connectivity index (χ3n) is 3.66. The van der Waals surface area contributed by atoms with Crippen molar-refractivity contribution in [3.05, 3.63) is 84.5 Å². The molecule has 116 valence electrons. The Bertz CT molecular complexity index is 1040. The van der Waals surface area contributed by atoms with Crippen molar-refractivity contribution in [1.29, 1.82) is 0 Å². The number of halogens is 1. The van der Waals surface area contributed by atoms with E-state index in [1.165, 1.54) is 12.1 Å². The predicted octanol–water partition coefficient (Wildman–Crippen LogP) is 5.38. The van der Waals surface area contributed by atoms with Crippen molar-refractivity contribution in [2.75, 3.05) is 0 Å². The van der Waals surface area contributed by atoms with Crippen molar-refractivity contribution in [1.82, 2.24) is 4.98 Å². The van der Waals surface area contributed by atoms with Gasteiger partial charge in [-0.2, -0.15) is 0 Å². The van der Waals surface area contributed by atoms with Gasteiger partial charge < -0.3 is 4.42 Å². The van der Waals surface area contributed by atoms with Crippen molar-refractivity contribution < 1.29 is 8.81 Å². The van der Waals surface area contributed by atoms with E-state index in [9.17, 15) is 4.39 Å². The van der Waals surface area contributed by atoms with Crippen molar-refractivity contribution in [2.45, 2.75) is 0 Å². The van der Waals surface area contributed by atoms with Gasteiger partial charge in [0.25, 0.3) is 0 Å². The van der Waals surface area contributed by atoms with Gasteiger partial charge in [0.15, 0.2) is 0 Å². The predicted molar refractivity (Wildman–Crippen MR) is 93.1 cm³/mol. The maximum atomic E-state index is 13.3. The number of hydrogen-bond donors (Lipinski definition) is 0. The molecule has 0 aliphatic rings. The molecule has 24 heavy (non-hydrogen) atoms. The van der Waals surface area contributed by atoms with Gasteiger partial charge in [-0.1, -0.05) is 18.2 Å². The molecule has 3 nitrogen and oxygen atoms in total. The number of pyridine rings is 1. The SMILES string of the molecule is Fc1cccc(-c2ccc(C=Nc3ccc4ncccc4c3)o2)c1. The van der Waals surface area contributed by atoms with Gasteiger partial charge >= 0.3 is 0 Å². The highest BCUT2D eigenvalue weighted by molar-refractivity contribution is 5.84. The number of benzene rings is 2. The zero-order chi connectivity index (χ0) is 16.4. The van der Waals surface area contributed by atoms with Crippen molar-refractivity contribution in [3.8, 4) is 11.3 Å². The fourth-order valence-corrected chi connectivity index (χ4v) is 2.50. The maximum absolute atomic E-state index is 13.3. The van der Waals surface area contributed by atoms with E-state index < -0.39 is 0 Å². The van der Waals surface area contributed by atoms with Gasteiger partial charge in [0, 0.05) is 17.1 Å². The normalized spacial score (nSPS) is 11.4. The molecule has 0 radical (unpaired) electrons. The van der Waals surface area contributed by atoms with Crippen molar-refractivity contribution in [3.63, 3.8) is 0 Å². The average Bonchev–Trinajstić information content (AvgIpc) is 3.09. The van der Waals surface area contributed by atoms with Crippen LogP contribution in [0.3, 0.4) is 0 Å². The molecule has 0 N–H and O–H groups in total. The lowest BCUT2D eigenvalue weighted by Crippen LogP contribution is -1.78. The number of aromatic nitrogens is 1. The Kier molecular flexibility index (Phi) is 3.63. The molecule has 0 saturated carbocycles. The number of hydrogen-bond acceptors (Lipinski definition) is 3. The molecule has 0 spiro atoms. The van der Waals surface area contributed by atoms with Crippen LogP contribution < -0.4 is 0 Å². The Labute approximate surface area is 138 Å². The van der Waals surface area contributed by atoms with Gasteiger partial charge in [-0.05, 0) is 48.5 Å². The zero-order valence-electron chi connectivity index (χ0n) is 12.7. The van der Waals surface area contributed by atoms with Crippen molar-refractivity contribution >= 4 is 22.8 Å². The molecule has 0 unspecified atom stereocenters. The fraction of sp³-hybridized carbons (Fsp3) is 0. The first-order chi connectivity index (χ1) is 11.8. The Hall–Kier alpha value is -3.27. The standard InChI is InChI=1S/C20H13FN2O/c21-16-5-1-3-15(11-16)20-9-7-18(24-20)13-23-17-6-8-19-14(12-17)4-2-10-22-19/h1-13H. The first kappa shape index (κ1) is 14.3. The molecular weight excluding hydrogens is 303 g/mol. The van der Waals surface area contributed by atoms with E-state index in [2.05, 4.69) is 9.98 Å². The van der Waals surface area contributed by atoms with E-state index in [4.69, 9.17) is 4.42 Å². The zero-order valence-corrected chi connectivity index (χ0v) is 12.7. The molecular formula is C20H13FN2O. The molecule has 2 aromatic carbocycles. The highest BCUT2D eigenvalue weighted by atomic mass is 19.1. The molecule has 0 aliphatic heterocycles. The molecule has 2 heterocycles. The van der Waals surface area contributed by atoms with E-state index in [-0.39, 0.29) is 5.82 Å². The van der Waals surface area contributed by atoms with Crippen LogP contribution in [0.1, 0.15) is 5.76 Å². The van der Waals surface area contributed by atoms with Crippen LogP contribution in [0, 0.1) is 5.82 Å². The Morgan fingerprint density at radius 3 is 2.83 bits per heavy atom. The van der Waals surface area contributed by atoms with Crippen LogP contribution in [0.5, 0.6) is 0 Å². The lowest BCUT2D eigenvalue weighted by Gasteiger charge is -1.98. The summed E-state index contributed by atoms with van der Waals surface area (Å²) in [6, 6.07) is 19.6. The smallest absolute Gasteiger partial charge is 0.145 e. The summed E-state index contributed by atoms with van der Waals surface area (Å²) in [6.07, 6.45) is 3.42. The second-order valence-corrected chi connectivity index (χ2v) is 5.35. The average molecular weight is 316 g/mol. The van der Waals surface area contributed by atoms with Gasteiger partial charge in [-0.3, -0.25) is 9.98 Å². The Morgan fingerprint density at radius 2 is 1.92 bits per heavy atom. The minimum atomic E-state index is -0.288. The number of aliphatic imine (C=N–C) groups is 1. The fourth-order valence-electron chi connectivity index (χ4n) is 2.50. The van der Waals surface area contributed by atoms with E-state index >= 15 is 0 Å². The summed E-state index contributed by atoms with van der Waals surface area (Å²) >= 11 is 0. The summed E-state index contributed by atoms with van der Waals surface area (Å²) in [5.41, 5.74) is 2.45. The Morgan fingerprint density at radius 1 is 0.958 bits per heavy atom. The monoisotopic (exact) mass is 316 g/mol. The van der Waals surface area contributed by atoms with Crippen LogP contribution in [0.25, 0.3) is 22.2 Å². The third kappa shape index (κ3) is 2.94. The van der Waals surface area contributed by atoms with E-state index in [0.29, 0.717) is 17.1 Å². The summed E-state index contributed by atoms with van der Waals surface area (Å²) in [5, 5.41) is 1.03. The second kappa shape index (κ2) is 6.08. The van der Waals surface area contributed by atoms with Gasteiger partial charge in [0.1, 0.15) is 17.3 Å².